The first-order chi connectivity index (χ1) is 9.85. The van der Waals surface area contributed by atoms with Gasteiger partial charge in [0.1, 0.15) is 12.0 Å². The van der Waals surface area contributed by atoms with Gasteiger partial charge in [-0.25, -0.2) is 14.8 Å². The summed E-state index contributed by atoms with van der Waals surface area (Å²) in [5.41, 5.74) is -0.0526. The minimum absolute atomic E-state index is 0.0526. The molecule has 1 aliphatic heterocycles. The van der Waals surface area contributed by atoms with E-state index in [1.165, 1.54) is 12.3 Å². The number of nitro groups is 1. The lowest BCUT2D eigenvalue weighted by molar-refractivity contribution is -0.385. The Labute approximate surface area is 122 Å². The van der Waals surface area contributed by atoms with Crippen molar-refractivity contribution in [3.8, 4) is 0 Å². The van der Waals surface area contributed by atoms with E-state index in [2.05, 4.69) is 9.71 Å². The normalized spacial score (nSPS) is 19.5. The Morgan fingerprint density at radius 3 is 2.86 bits per heavy atom. The highest BCUT2D eigenvalue weighted by Crippen LogP contribution is 2.22. The molecule has 116 valence electrons. The predicted molar refractivity (Wildman–Crippen MR) is 76.9 cm³/mol. The SMILES string of the molecule is NS(=O)(=O)NCC1CCCN(c2ccc([N+](=O)[O-])cn2)C1. The molecule has 9 nitrogen and oxygen atoms in total. The molecule has 0 saturated carbocycles. The van der Waals surface area contributed by atoms with Crippen LogP contribution in [-0.4, -0.2) is 38.0 Å². The Balaban J connectivity index is 1.98. The van der Waals surface area contributed by atoms with Crippen LogP contribution in [0.2, 0.25) is 0 Å². The molecule has 0 amide bonds. The van der Waals surface area contributed by atoms with Crippen molar-refractivity contribution in [2.24, 2.45) is 11.1 Å². The molecule has 1 atom stereocenters. The summed E-state index contributed by atoms with van der Waals surface area (Å²) in [7, 11) is -3.68. The third-order valence-corrected chi connectivity index (χ3v) is 3.93. The molecular weight excluding hydrogens is 298 g/mol. The van der Waals surface area contributed by atoms with E-state index < -0.39 is 15.1 Å². The summed E-state index contributed by atoms with van der Waals surface area (Å²) in [6, 6.07) is 3.02. The highest BCUT2D eigenvalue weighted by molar-refractivity contribution is 7.87. The Morgan fingerprint density at radius 1 is 1.52 bits per heavy atom. The largest absolute Gasteiger partial charge is 0.356 e. The maximum Gasteiger partial charge on any atom is 0.287 e. The number of aromatic nitrogens is 1. The Hall–Kier alpha value is -1.78. The van der Waals surface area contributed by atoms with E-state index in [4.69, 9.17) is 5.14 Å². The van der Waals surface area contributed by atoms with Gasteiger partial charge in [-0.1, -0.05) is 0 Å². The lowest BCUT2D eigenvalue weighted by Gasteiger charge is -2.33. The zero-order valence-corrected chi connectivity index (χ0v) is 12.1. The van der Waals surface area contributed by atoms with Crippen LogP contribution in [0.3, 0.4) is 0 Å². The molecule has 10 heteroatoms. The van der Waals surface area contributed by atoms with Crippen LogP contribution in [-0.2, 0) is 10.2 Å². The third kappa shape index (κ3) is 4.62. The lowest BCUT2D eigenvalue weighted by Crippen LogP contribution is -2.42. The number of rotatable bonds is 5. The second-order valence-corrected chi connectivity index (χ2v) is 6.36. The molecule has 0 aromatic carbocycles. The number of nitrogens with one attached hydrogen (secondary N) is 1. The summed E-state index contributed by atoms with van der Waals surface area (Å²) in [6.07, 6.45) is 3.02. The molecule has 1 aliphatic rings. The van der Waals surface area contributed by atoms with Gasteiger partial charge in [0.25, 0.3) is 15.9 Å². The van der Waals surface area contributed by atoms with Gasteiger partial charge in [0, 0.05) is 25.7 Å². The summed E-state index contributed by atoms with van der Waals surface area (Å²) in [4.78, 5) is 16.2. The summed E-state index contributed by atoms with van der Waals surface area (Å²) >= 11 is 0. The van der Waals surface area contributed by atoms with E-state index in [-0.39, 0.29) is 18.2 Å². The van der Waals surface area contributed by atoms with Crippen molar-refractivity contribution in [1.82, 2.24) is 9.71 Å². The Kier molecular flexibility index (Phi) is 4.70. The molecule has 1 unspecified atom stereocenters. The molecule has 0 radical (unpaired) electrons. The number of nitrogens with two attached hydrogens (primary N) is 1. The van der Waals surface area contributed by atoms with Gasteiger partial charge in [0.15, 0.2) is 0 Å². The maximum absolute atomic E-state index is 10.9. The summed E-state index contributed by atoms with van der Waals surface area (Å²) in [5.74, 6) is 0.787. The minimum atomic E-state index is -3.68. The van der Waals surface area contributed by atoms with E-state index in [0.29, 0.717) is 12.4 Å². The number of nitrogens with zero attached hydrogens (tertiary/aromatic N) is 3. The van der Waals surface area contributed by atoms with Crippen molar-refractivity contribution in [3.05, 3.63) is 28.4 Å². The maximum atomic E-state index is 10.9. The fraction of sp³-hybridized carbons (Fsp3) is 0.545. The summed E-state index contributed by atoms with van der Waals surface area (Å²) in [6.45, 7) is 1.70. The van der Waals surface area contributed by atoms with Crippen molar-refractivity contribution in [2.45, 2.75) is 12.8 Å². The van der Waals surface area contributed by atoms with Crippen molar-refractivity contribution in [3.63, 3.8) is 0 Å². The van der Waals surface area contributed by atoms with Crippen LogP contribution >= 0.6 is 0 Å². The first-order valence-corrected chi connectivity index (χ1v) is 8.02. The van der Waals surface area contributed by atoms with Crippen molar-refractivity contribution in [1.29, 1.82) is 0 Å². The van der Waals surface area contributed by atoms with Gasteiger partial charge in [0.05, 0.1) is 4.92 Å². The topological polar surface area (TPSA) is 131 Å². The smallest absolute Gasteiger partial charge is 0.287 e. The fourth-order valence-electron chi connectivity index (χ4n) is 2.35. The number of pyridine rings is 1. The zero-order valence-electron chi connectivity index (χ0n) is 11.3. The Morgan fingerprint density at radius 2 is 2.29 bits per heavy atom. The van der Waals surface area contributed by atoms with Crippen LogP contribution in [0, 0.1) is 16.0 Å². The lowest BCUT2D eigenvalue weighted by atomic mass is 9.98. The monoisotopic (exact) mass is 315 g/mol. The van der Waals surface area contributed by atoms with Gasteiger partial charge in [-0.15, -0.1) is 0 Å². The average Bonchev–Trinajstić information content (AvgIpc) is 2.45. The Bertz CT molecular complexity index is 604. The van der Waals surface area contributed by atoms with Gasteiger partial charge in [-0.05, 0) is 24.8 Å². The van der Waals surface area contributed by atoms with Gasteiger partial charge in [0.2, 0.25) is 0 Å². The van der Waals surface area contributed by atoms with E-state index in [9.17, 15) is 18.5 Å². The highest BCUT2D eigenvalue weighted by atomic mass is 32.2. The molecule has 2 heterocycles. The summed E-state index contributed by atoms with van der Waals surface area (Å²) in [5, 5.41) is 15.5. The highest BCUT2D eigenvalue weighted by Gasteiger charge is 2.22. The molecule has 2 rings (SSSR count). The number of hydrogen-bond donors (Lipinski definition) is 2. The van der Waals surface area contributed by atoms with Gasteiger partial charge in [-0.2, -0.15) is 8.42 Å². The van der Waals surface area contributed by atoms with Crippen molar-refractivity contribution in [2.75, 3.05) is 24.5 Å². The molecule has 1 aromatic heterocycles. The van der Waals surface area contributed by atoms with Gasteiger partial charge < -0.3 is 4.90 Å². The summed E-state index contributed by atoms with van der Waals surface area (Å²) < 4.78 is 24.1. The number of hydrogen-bond acceptors (Lipinski definition) is 6. The van der Waals surface area contributed by atoms with Crippen LogP contribution < -0.4 is 14.8 Å². The van der Waals surface area contributed by atoms with E-state index in [1.807, 2.05) is 4.90 Å². The molecule has 1 saturated heterocycles. The average molecular weight is 315 g/mol. The molecular formula is C11H17N5O4S. The second-order valence-electron chi connectivity index (χ2n) is 4.98. The van der Waals surface area contributed by atoms with Crippen LogP contribution in [0.5, 0.6) is 0 Å². The molecule has 3 N–H and O–H groups in total. The molecule has 1 aromatic rings. The first-order valence-electron chi connectivity index (χ1n) is 6.48. The quantitative estimate of drug-likeness (QED) is 0.580. The number of anilines is 1. The van der Waals surface area contributed by atoms with Crippen LogP contribution in [0.1, 0.15) is 12.8 Å². The molecule has 1 fully saturated rings. The molecule has 0 bridgehead atoms. The van der Waals surface area contributed by atoms with Crippen LogP contribution in [0.15, 0.2) is 18.3 Å². The van der Waals surface area contributed by atoms with Crippen molar-refractivity contribution < 1.29 is 13.3 Å². The molecule has 0 aliphatic carbocycles. The molecule has 0 spiro atoms. The second kappa shape index (κ2) is 6.33. The third-order valence-electron chi connectivity index (χ3n) is 3.36. The fourth-order valence-corrected chi connectivity index (χ4v) is 2.82. The number of piperidine rings is 1. The van der Waals surface area contributed by atoms with E-state index >= 15 is 0 Å². The van der Waals surface area contributed by atoms with Crippen molar-refractivity contribution >= 4 is 21.7 Å². The minimum Gasteiger partial charge on any atom is -0.356 e. The molecule has 21 heavy (non-hydrogen) atoms. The van der Waals surface area contributed by atoms with E-state index in [1.54, 1.807) is 6.07 Å². The zero-order chi connectivity index (χ0) is 15.5. The van der Waals surface area contributed by atoms with Gasteiger partial charge >= 0.3 is 0 Å². The van der Waals surface area contributed by atoms with Crippen LogP contribution in [0.4, 0.5) is 11.5 Å². The first kappa shape index (κ1) is 15.6. The van der Waals surface area contributed by atoms with Gasteiger partial charge in [-0.3, -0.25) is 10.1 Å². The van der Waals surface area contributed by atoms with Crippen LogP contribution in [0.25, 0.3) is 0 Å². The van der Waals surface area contributed by atoms with E-state index in [0.717, 1.165) is 19.4 Å². The predicted octanol–water partition coefficient (Wildman–Crippen LogP) is -0.000700. The standard InChI is InChI=1S/C11H17N5O4S/c12-21(19,20)14-6-9-2-1-5-15(8-9)11-4-3-10(7-13-11)16(17)18/h3-4,7,9,14H,1-2,5-6,8H2,(H2,12,19,20).